The van der Waals surface area contributed by atoms with Crippen molar-refractivity contribution in [3.63, 3.8) is 0 Å². The van der Waals surface area contributed by atoms with E-state index in [1.165, 1.54) is 11.3 Å². The molecule has 1 aromatic heterocycles. The number of ether oxygens (including phenoxy) is 1. The van der Waals surface area contributed by atoms with Crippen LogP contribution in [0.3, 0.4) is 0 Å². The Balaban J connectivity index is 1.94. The molecule has 2 heterocycles. The van der Waals surface area contributed by atoms with Gasteiger partial charge in [-0.15, -0.1) is 11.8 Å². The maximum Gasteiger partial charge on any atom is 0.230 e. The molecule has 6 heteroatoms. The second-order valence-corrected chi connectivity index (χ2v) is 8.66. The van der Waals surface area contributed by atoms with Gasteiger partial charge in [-0.2, -0.15) is 0 Å². The maximum absolute atomic E-state index is 9.84. The number of pyridine rings is 1. The maximum atomic E-state index is 9.84. The first-order valence-corrected chi connectivity index (χ1v) is 10.9. The lowest BCUT2D eigenvalue weighted by Gasteiger charge is -2.36. The highest BCUT2D eigenvalue weighted by Gasteiger charge is 2.27. The van der Waals surface area contributed by atoms with E-state index in [2.05, 4.69) is 48.1 Å². The van der Waals surface area contributed by atoms with Crippen molar-refractivity contribution in [2.75, 3.05) is 19.3 Å². The van der Waals surface area contributed by atoms with Crippen LogP contribution in [0.25, 0.3) is 0 Å². The first-order valence-electron chi connectivity index (χ1n) is 9.68. The normalized spacial score (nSPS) is 20.3. The van der Waals surface area contributed by atoms with Crippen molar-refractivity contribution < 1.29 is 9.94 Å². The van der Waals surface area contributed by atoms with Crippen LogP contribution < -0.4 is 4.74 Å². The third-order valence-corrected chi connectivity index (χ3v) is 5.98. The van der Waals surface area contributed by atoms with E-state index in [1.807, 2.05) is 31.2 Å². The molecule has 0 bridgehead atoms. The number of thioether (sulfide) groups is 1. The Bertz CT molecular complexity index is 859. The van der Waals surface area contributed by atoms with Crippen LogP contribution in [-0.2, 0) is 0 Å². The van der Waals surface area contributed by atoms with Gasteiger partial charge in [-0.3, -0.25) is 0 Å². The quantitative estimate of drug-likeness (QED) is 0.248. The Morgan fingerprint density at radius 1 is 1.18 bits per heavy atom. The molecule has 28 heavy (non-hydrogen) atoms. The van der Waals surface area contributed by atoms with Crippen LogP contribution in [0.15, 0.2) is 40.4 Å². The van der Waals surface area contributed by atoms with Crippen molar-refractivity contribution in [3.05, 3.63) is 47.2 Å². The molecule has 0 radical (unpaired) electrons. The molecule has 1 saturated heterocycles. The molecule has 0 saturated carbocycles. The van der Waals surface area contributed by atoms with Crippen LogP contribution in [0.5, 0.6) is 11.6 Å². The largest absolute Gasteiger partial charge is 0.438 e. The van der Waals surface area contributed by atoms with Gasteiger partial charge in [0.1, 0.15) is 5.75 Å². The highest BCUT2D eigenvalue weighted by Crippen LogP contribution is 2.31. The third kappa shape index (κ3) is 4.61. The predicted molar refractivity (Wildman–Crippen MR) is 115 cm³/mol. The van der Waals surface area contributed by atoms with E-state index >= 15 is 0 Å². The van der Waals surface area contributed by atoms with Gasteiger partial charge in [0, 0.05) is 23.7 Å². The molecule has 1 aromatic carbocycles. The third-order valence-electron chi connectivity index (χ3n) is 5.08. The Labute approximate surface area is 171 Å². The monoisotopic (exact) mass is 399 g/mol. The fourth-order valence-corrected chi connectivity index (χ4v) is 4.52. The van der Waals surface area contributed by atoms with Gasteiger partial charge in [-0.25, -0.2) is 4.98 Å². The molecule has 1 aliphatic rings. The van der Waals surface area contributed by atoms with Crippen molar-refractivity contribution in [3.8, 4) is 11.6 Å². The molecule has 1 N–H and O–H groups in total. The molecular formula is C22H29N3O2S. The van der Waals surface area contributed by atoms with Gasteiger partial charge in [-0.05, 0) is 74.3 Å². The number of rotatable bonds is 4. The predicted octanol–water partition coefficient (Wildman–Crippen LogP) is 5.33. The molecule has 0 aliphatic carbocycles. The van der Waals surface area contributed by atoms with Crippen molar-refractivity contribution >= 4 is 17.6 Å². The molecule has 5 nitrogen and oxygen atoms in total. The number of amidine groups is 1. The van der Waals surface area contributed by atoms with Gasteiger partial charge >= 0.3 is 0 Å². The van der Waals surface area contributed by atoms with Crippen LogP contribution in [0.4, 0.5) is 0 Å². The number of piperidine rings is 1. The number of hydrogen-bond donors (Lipinski definition) is 1. The van der Waals surface area contributed by atoms with E-state index in [9.17, 15) is 5.21 Å². The van der Waals surface area contributed by atoms with Crippen LogP contribution in [0, 0.1) is 25.7 Å². The summed E-state index contributed by atoms with van der Waals surface area (Å²) in [4.78, 5) is 7.96. The summed E-state index contributed by atoms with van der Waals surface area (Å²) in [5.74, 6) is 2.82. The fourth-order valence-electron chi connectivity index (χ4n) is 3.93. The molecule has 1 aliphatic heterocycles. The molecule has 3 rings (SSSR count). The summed E-state index contributed by atoms with van der Waals surface area (Å²) in [5, 5.41) is 13.5. The second kappa shape index (κ2) is 8.86. The SMILES string of the molecule is CSc1ccc(Oc2nc(C)ccc2/C(=N/O)N2CC(C)CC(C)C2)cc1C. The molecular weight excluding hydrogens is 370 g/mol. The number of benzene rings is 1. The van der Waals surface area contributed by atoms with E-state index in [0.29, 0.717) is 29.1 Å². The minimum atomic E-state index is 0.468. The van der Waals surface area contributed by atoms with Crippen molar-refractivity contribution in [1.82, 2.24) is 9.88 Å². The van der Waals surface area contributed by atoms with Gasteiger partial charge in [0.2, 0.25) is 5.88 Å². The highest BCUT2D eigenvalue weighted by atomic mass is 32.2. The van der Waals surface area contributed by atoms with Crippen molar-refractivity contribution in [1.29, 1.82) is 0 Å². The topological polar surface area (TPSA) is 58.0 Å². The Kier molecular flexibility index (Phi) is 6.50. The average molecular weight is 400 g/mol. The summed E-state index contributed by atoms with van der Waals surface area (Å²) in [5.41, 5.74) is 2.73. The summed E-state index contributed by atoms with van der Waals surface area (Å²) in [6.07, 6.45) is 3.25. The molecule has 2 atom stereocenters. The second-order valence-electron chi connectivity index (χ2n) is 7.81. The number of aryl methyl sites for hydroxylation is 2. The van der Waals surface area contributed by atoms with Gasteiger partial charge in [0.05, 0.1) is 5.56 Å². The Hall–Kier alpha value is -2.21. The van der Waals surface area contributed by atoms with E-state index in [0.717, 1.165) is 30.1 Å². The van der Waals surface area contributed by atoms with E-state index in [4.69, 9.17) is 4.74 Å². The van der Waals surface area contributed by atoms with Gasteiger partial charge in [0.15, 0.2) is 5.84 Å². The van der Waals surface area contributed by atoms with Gasteiger partial charge in [-0.1, -0.05) is 19.0 Å². The summed E-state index contributed by atoms with van der Waals surface area (Å²) in [7, 11) is 0. The summed E-state index contributed by atoms with van der Waals surface area (Å²) < 4.78 is 6.16. The van der Waals surface area contributed by atoms with Crippen LogP contribution >= 0.6 is 11.8 Å². The molecule has 2 aromatic rings. The zero-order valence-corrected chi connectivity index (χ0v) is 18.1. The standard InChI is InChI=1S/C22H29N3O2S/c1-14-10-15(2)13-25(12-14)21(24-26)19-8-6-17(4)23-22(19)27-18-7-9-20(28-5)16(3)11-18/h6-9,11,14-15,26H,10,12-13H2,1-5H3/b24-21-. The lowest BCUT2D eigenvalue weighted by molar-refractivity contribution is 0.204. The van der Waals surface area contributed by atoms with Gasteiger partial charge in [0.25, 0.3) is 0 Å². The fraction of sp³-hybridized carbons (Fsp3) is 0.455. The minimum Gasteiger partial charge on any atom is -0.438 e. The smallest absolute Gasteiger partial charge is 0.230 e. The highest BCUT2D eigenvalue weighted by molar-refractivity contribution is 7.98. The first-order chi connectivity index (χ1) is 13.4. The van der Waals surface area contributed by atoms with Crippen molar-refractivity contribution in [2.45, 2.75) is 39.0 Å². The summed E-state index contributed by atoms with van der Waals surface area (Å²) >= 11 is 1.71. The Morgan fingerprint density at radius 3 is 2.50 bits per heavy atom. The molecule has 2 unspecified atom stereocenters. The minimum absolute atomic E-state index is 0.468. The van der Waals surface area contributed by atoms with Crippen LogP contribution in [-0.4, -0.2) is 40.3 Å². The average Bonchev–Trinajstić information content (AvgIpc) is 2.63. The summed E-state index contributed by atoms with van der Waals surface area (Å²) in [6, 6.07) is 9.87. The zero-order chi connectivity index (χ0) is 20.3. The Morgan fingerprint density at radius 2 is 1.89 bits per heavy atom. The van der Waals surface area contributed by atoms with Gasteiger partial charge < -0.3 is 14.8 Å². The summed E-state index contributed by atoms with van der Waals surface area (Å²) in [6.45, 7) is 10.2. The lowest BCUT2D eigenvalue weighted by Crippen LogP contribution is -2.43. The molecule has 0 amide bonds. The molecule has 1 fully saturated rings. The van der Waals surface area contributed by atoms with Crippen molar-refractivity contribution in [2.24, 2.45) is 17.0 Å². The van der Waals surface area contributed by atoms with E-state index < -0.39 is 0 Å². The number of likely N-dealkylation sites (tertiary alicyclic amines) is 1. The molecule has 0 spiro atoms. The van der Waals surface area contributed by atoms with Crippen LogP contribution in [0.2, 0.25) is 0 Å². The van der Waals surface area contributed by atoms with Crippen LogP contribution in [0.1, 0.15) is 37.1 Å². The number of hydrogen-bond acceptors (Lipinski definition) is 5. The zero-order valence-electron chi connectivity index (χ0n) is 17.3. The lowest BCUT2D eigenvalue weighted by atomic mass is 9.91. The number of aromatic nitrogens is 1. The molecule has 150 valence electrons. The van der Waals surface area contributed by atoms with E-state index in [1.54, 1.807) is 11.8 Å². The first kappa shape index (κ1) is 20.5. The number of oxime groups is 1. The van der Waals surface area contributed by atoms with E-state index in [-0.39, 0.29) is 0 Å². The number of nitrogens with zero attached hydrogens (tertiary/aromatic N) is 3.